The highest BCUT2D eigenvalue weighted by molar-refractivity contribution is 5.87. The van der Waals surface area contributed by atoms with Gasteiger partial charge in [-0.15, -0.1) is 0 Å². The molecule has 0 amide bonds. The van der Waals surface area contributed by atoms with Crippen LogP contribution in [-0.2, 0) is 6.54 Å². The Balaban J connectivity index is 2.09. The Morgan fingerprint density at radius 2 is 2.22 bits per heavy atom. The fraction of sp³-hybridized carbons (Fsp3) is 0.286. The van der Waals surface area contributed by atoms with Crippen molar-refractivity contribution in [1.82, 2.24) is 5.01 Å². The molecule has 1 aromatic rings. The molecule has 1 aliphatic rings. The van der Waals surface area contributed by atoms with Gasteiger partial charge in [0.15, 0.2) is 0 Å². The number of hydrogen-bond donors (Lipinski definition) is 1. The summed E-state index contributed by atoms with van der Waals surface area (Å²) in [5.74, 6) is -0.907. The molecular weight excluding hydrogens is 228 g/mol. The van der Waals surface area contributed by atoms with Gasteiger partial charge in [0.1, 0.15) is 0 Å². The number of carbonyl (C=O) groups is 1. The predicted molar refractivity (Wildman–Crippen MR) is 70.4 cm³/mol. The number of rotatable bonds is 3. The fourth-order valence-corrected chi connectivity index (χ4v) is 1.67. The van der Waals surface area contributed by atoms with Crippen molar-refractivity contribution in [2.75, 3.05) is 0 Å². The van der Waals surface area contributed by atoms with Gasteiger partial charge in [-0.05, 0) is 17.7 Å². The van der Waals surface area contributed by atoms with Crippen molar-refractivity contribution in [3.8, 4) is 0 Å². The molecule has 1 aromatic carbocycles. The number of hydrogen-bond acceptors (Lipinski definition) is 3. The van der Waals surface area contributed by atoms with E-state index in [1.54, 1.807) is 23.2 Å². The third kappa shape index (κ3) is 2.97. The van der Waals surface area contributed by atoms with E-state index in [1.807, 2.05) is 18.5 Å². The molecule has 1 aliphatic heterocycles. The van der Waals surface area contributed by atoms with Crippen LogP contribution < -0.4 is 0 Å². The molecule has 1 heterocycles. The zero-order valence-corrected chi connectivity index (χ0v) is 10.5. The number of aromatic carboxylic acids is 1. The van der Waals surface area contributed by atoms with Gasteiger partial charge in [0, 0.05) is 17.8 Å². The molecule has 4 nitrogen and oxygen atoms in total. The molecular formula is C14H16N2O2. The summed E-state index contributed by atoms with van der Waals surface area (Å²) in [4.78, 5) is 10.9. The average Bonchev–Trinajstić information content (AvgIpc) is 2.32. The molecule has 0 unspecified atom stereocenters. The number of nitrogens with zero attached hydrogens (tertiary/aromatic N) is 2. The van der Waals surface area contributed by atoms with E-state index in [4.69, 9.17) is 5.11 Å². The van der Waals surface area contributed by atoms with Crippen LogP contribution in [0.1, 0.15) is 29.8 Å². The lowest BCUT2D eigenvalue weighted by molar-refractivity contribution is 0.0696. The largest absolute Gasteiger partial charge is 0.478 e. The maximum atomic E-state index is 10.9. The minimum atomic E-state index is -0.907. The molecule has 0 aliphatic carbocycles. The second-order valence-electron chi connectivity index (χ2n) is 4.98. The number of carboxylic acid groups (broad SMARTS) is 1. The van der Waals surface area contributed by atoms with Gasteiger partial charge in [0.2, 0.25) is 0 Å². The summed E-state index contributed by atoms with van der Waals surface area (Å²) in [5.41, 5.74) is 1.22. The molecule has 0 radical (unpaired) electrons. The Bertz CT molecular complexity index is 502. The van der Waals surface area contributed by atoms with Gasteiger partial charge in [-0.3, -0.25) is 5.01 Å². The molecule has 0 atom stereocenters. The van der Waals surface area contributed by atoms with Crippen molar-refractivity contribution >= 4 is 12.2 Å². The molecule has 0 saturated heterocycles. The van der Waals surface area contributed by atoms with Crippen LogP contribution in [0.15, 0.2) is 41.6 Å². The van der Waals surface area contributed by atoms with Gasteiger partial charge in [0.25, 0.3) is 0 Å². The second-order valence-corrected chi connectivity index (χ2v) is 4.98. The minimum absolute atomic E-state index is 0.0145. The number of hydrazone groups is 1. The molecule has 2 rings (SSSR count). The van der Waals surface area contributed by atoms with Gasteiger partial charge in [0.05, 0.1) is 12.1 Å². The quantitative estimate of drug-likeness (QED) is 0.889. The summed E-state index contributed by atoms with van der Waals surface area (Å²) in [5, 5.41) is 15.1. The normalized spacial score (nSPS) is 16.9. The van der Waals surface area contributed by atoms with E-state index in [0.717, 1.165) is 5.56 Å². The molecule has 1 N–H and O–H groups in total. The smallest absolute Gasteiger partial charge is 0.335 e. The van der Waals surface area contributed by atoms with Crippen molar-refractivity contribution in [1.29, 1.82) is 0 Å². The molecule has 0 spiro atoms. The molecule has 94 valence electrons. The topological polar surface area (TPSA) is 52.9 Å². The number of carboxylic acids is 1. The summed E-state index contributed by atoms with van der Waals surface area (Å²) in [6, 6.07) is 6.91. The summed E-state index contributed by atoms with van der Waals surface area (Å²) < 4.78 is 0. The maximum absolute atomic E-state index is 10.9. The van der Waals surface area contributed by atoms with Gasteiger partial charge in [-0.1, -0.05) is 32.1 Å². The predicted octanol–water partition coefficient (Wildman–Crippen LogP) is 2.73. The van der Waals surface area contributed by atoms with Crippen LogP contribution in [0.25, 0.3) is 0 Å². The monoisotopic (exact) mass is 244 g/mol. The summed E-state index contributed by atoms with van der Waals surface area (Å²) in [6.45, 7) is 4.73. The van der Waals surface area contributed by atoms with Crippen molar-refractivity contribution in [2.24, 2.45) is 10.5 Å². The van der Waals surface area contributed by atoms with Crippen molar-refractivity contribution in [2.45, 2.75) is 20.4 Å². The van der Waals surface area contributed by atoms with Crippen LogP contribution in [0, 0.1) is 5.41 Å². The second kappa shape index (κ2) is 4.64. The van der Waals surface area contributed by atoms with E-state index in [2.05, 4.69) is 25.0 Å². The van der Waals surface area contributed by atoms with Crippen LogP contribution in [-0.4, -0.2) is 22.3 Å². The first-order valence-electron chi connectivity index (χ1n) is 5.80. The Morgan fingerprint density at radius 3 is 2.83 bits per heavy atom. The number of benzene rings is 1. The first-order valence-corrected chi connectivity index (χ1v) is 5.80. The summed E-state index contributed by atoms with van der Waals surface area (Å²) in [7, 11) is 0. The zero-order valence-electron chi connectivity index (χ0n) is 10.5. The summed E-state index contributed by atoms with van der Waals surface area (Å²) >= 11 is 0. The van der Waals surface area contributed by atoms with Crippen molar-refractivity contribution in [3.63, 3.8) is 0 Å². The van der Waals surface area contributed by atoms with Crippen LogP contribution in [0.3, 0.4) is 0 Å². The Labute approximate surface area is 106 Å². The van der Waals surface area contributed by atoms with E-state index in [9.17, 15) is 4.79 Å². The van der Waals surface area contributed by atoms with Crippen LogP contribution in [0.4, 0.5) is 0 Å². The van der Waals surface area contributed by atoms with Crippen LogP contribution in [0.5, 0.6) is 0 Å². The molecule has 0 saturated carbocycles. The molecule has 0 aromatic heterocycles. The Morgan fingerprint density at radius 1 is 1.44 bits per heavy atom. The third-order valence-electron chi connectivity index (χ3n) is 2.73. The minimum Gasteiger partial charge on any atom is -0.478 e. The highest BCUT2D eigenvalue weighted by atomic mass is 16.4. The van der Waals surface area contributed by atoms with E-state index >= 15 is 0 Å². The molecule has 0 bridgehead atoms. The highest BCUT2D eigenvalue weighted by Gasteiger charge is 2.15. The average molecular weight is 244 g/mol. The van der Waals surface area contributed by atoms with Crippen LogP contribution in [0.2, 0.25) is 0 Å². The zero-order chi connectivity index (χ0) is 13.2. The molecule has 18 heavy (non-hydrogen) atoms. The standard InChI is InChI=1S/C14H16N2O2/c1-14(2)6-7-16(15-10-14)9-11-4-3-5-12(8-11)13(17)18/h3-8,10H,9H2,1-2H3,(H,17,18). The lowest BCUT2D eigenvalue weighted by atomic mass is 9.95. The highest BCUT2D eigenvalue weighted by Crippen LogP contribution is 2.20. The number of allylic oxidation sites excluding steroid dienone is 1. The lowest BCUT2D eigenvalue weighted by Gasteiger charge is -2.24. The van der Waals surface area contributed by atoms with Gasteiger partial charge < -0.3 is 5.11 Å². The SMILES string of the molecule is CC1(C)C=CN(Cc2cccc(C(=O)O)c2)N=C1. The molecule has 0 fully saturated rings. The van der Waals surface area contributed by atoms with E-state index in [0.29, 0.717) is 12.1 Å². The summed E-state index contributed by atoms with van der Waals surface area (Å²) in [6.07, 6.45) is 5.88. The van der Waals surface area contributed by atoms with Gasteiger partial charge >= 0.3 is 5.97 Å². The first kappa shape index (κ1) is 12.4. The maximum Gasteiger partial charge on any atom is 0.335 e. The Kier molecular flexibility index (Phi) is 3.19. The van der Waals surface area contributed by atoms with E-state index < -0.39 is 5.97 Å². The Hall–Kier alpha value is -2.10. The first-order chi connectivity index (χ1) is 8.46. The fourth-order valence-electron chi connectivity index (χ4n) is 1.67. The van der Waals surface area contributed by atoms with Crippen LogP contribution >= 0.6 is 0 Å². The van der Waals surface area contributed by atoms with Crippen molar-refractivity contribution in [3.05, 3.63) is 47.7 Å². The van der Waals surface area contributed by atoms with E-state index in [-0.39, 0.29) is 5.41 Å². The molecule has 4 heteroatoms. The van der Waals surface area contributed by atoms with Crippen molar-refractivity contribution < 1.29 is 9.90 Å². The van der Waals surface area contributed by atoms with Gasteiger partial charge in [-0.25, -0.2) is 4.79 Å². The third-order valence-corrected chi connectivity index (χ3v) is 2.73. The van der Waals surface area contributed by atoms with E-state index in [1.165, 1.54) is 0 Å². The lowest BCUT2D eigenvalue weighted by Crippen LogP contribution is -2.21. The van der Waals surface area contributed by atoms with Gasteiger partial charge in [-0.2, -0.15) is 5.10 Å².